The van der Waals surface area contributed by atoms with E-state index in [1.54, 1.807) is 0 Å². The number of rotatable bonds is 1. The first-order valence-electron chi connectivity index (χ1n) is 4.73. The Balaban J connectivity index is 2.68. The lowest BCUT2D eigenvalue weighted by Gasteiger charge is -2.11. The molecule has 0 aliphatic carbocycles. The van der Waals surface area contributed by atoms with Crippen molar-refractivity contribution in [2.45, 2.75) is 6.92 Å². The summed E-state index contributed by atoms with van der Waals surface area (Å²) in [6, 6.07) is 12.3. The second-order valence-electron chi connectivity index (χ2n) is 3.47. The van der Waals surface area contributed by atoms with E-state index in [9.17, 15) is 0 Å². The second-order valence-corrected chi connectivity index (χ2v) is 3.91. The van der Waals surface area contributed by atoms with Crippen molar-refractivity contribution in [1.29, 1.82) is 0 Å². The number of nitrogens with one attached hydrogen (secondary N) is 1. The van der Waals surface area contributed by atoms with Crippen LogP contribution in [-0.4, -0.2) is 5.11 Å². The van der Waals surface area contributed by atoms with Gasteiger partial charge >= 0.3 is 0 Å². The number of aryl methyl sites for hydroxylation is 1. The largest absolute Gasteiger partial charge is 0.376 e. The Kier molecular flexibility index (Phi) is 2.56. The molecule has 15 heavy (non-hydrogen) atoms. The number of hydrogen-bond donors (Lipinski definition) is 2. The summed E-state index contributed by atoms with van der Waals surface area (Å²) in [7, 11) is 0. The van der Waals surface area contributed by atoms with Gasteiger partial charge in [0.15, 0.2) is 5.11 Å². The van der Waals surface area contributed by atoms with Crippen molar-refractivity contribution in [3.8, 4) is 0 Å². The highest BCUT2D eigenvalue weighted by Gasteiger charge is 2.03. The van der Waals surface area contributed by atoms with Crippen molar-refractivity contribution < 1.29 is 0 Å². The molecule has 0 atom stereocenters. The van der Waals surface area contributed by atoms with Crippen LogP contribution in [0.2, 0.25) is 0 Å². The molecule has 0 saturated carbocycles. The van der Waals surface area contributed by atoms with Gasteiger partial charge in [0, 0.05) is 5.39 Å². The Hall–Kier alpha value is -1.61. The fraction of sp³-hybridized carbons (Fsp3) is 0.0833. The molecule has 0 aliphatic heterocycles. The molecule has 0 heterocycles. The maximum atomic E-state index is 5.50. The molecule has 3 heteroatoms. The highest BCUT2D eigenvalue weighted by atomic mass is 32.1. The molecule has 0 amide bonds. The molecule has 2 nitrogen and oxygen atoms in total. The summed E-state index contributed by atoms with van der Waals surface area (Å²) in [6.07, 6.45) is 0. The second kappa shape index (κ2) is 3.87. The van der Waals surface area contributed by atoms with Crippen LogP contribution in [-0.2, 0) is 0 Å². The Morgan fingerprint density at radius 2 is 1.93 bits per heavy atom. The van der Waals surface area contributed by atoms with Gasteiger partial charge in [-0.15, -0.1) is 0 Å². The molecule has 0 saturated heterocycles. The molecule has 0 aliphatic rings. The van der Waals surface area contributed by atoms with Crippen molar-refractivity contribution in [2.24, 2.45) is 5.73 Å². The smallest absolute Gasteiger partial charge is 0.168 e. The summed E-state index contributed by atoms with van der Waals surface area (Å²) in [5.41, 5.74) is 7.65. The Bertz CT molecular complexity index is 520. The fourth-order valence-corrected chi connectivity index (χ4v) is 1.77. The quantitative estimate of drug-likeness (QED) is 0.720. The van der Waals surface area contributed by atoms with E-state index in [0.29, 0.717) is 5.11 Å². The van der Waals surface area contributed by atoms with Crippen LogP contribution in [0.25, 0.3) is 10.8 Å². The minimum atomic E-state index is 0.300. The number of thiocarbonyl (C=S) groups is 1. The number of hydrogen-bond acceptors (Lipinski definition) is 1. The first-order valence-corrected chi connectivity index (χ1v) is 5.14. The van der Waals surface area contributed by atoms with E-state index >= 15 is 0 Å². The SMILES string of the molecule is Cc1ccc2ccccc2c1NC(N)=S. The predicted octanol–water partition coefficient (Wildman–Crippen LogP) is 2.80. The van der Waals surface area contributed by atoms with Crippen molar-refractivity contribution in [2.75, 3.05) is 5.32 Å². The van der Waals surface area contributed by atoms with Gasteiger partial charge in [0.1, 0.15) is 0 Å². The molecular formula is C12H12N2S. The van der Waals surface area contributed by atoms with Gasteiger partial charge in [0.25, 0.3) is 0 Å². The van der Waals surface area contributed by atoms with E-state index < -0.39 is 0 Å². The van der Waals surface area contributed by atoms with Gasteiger partial charge in [-0.3, -0.25) is 0 Å². The van der Waals surface area contributed by atoms with Gasteiger partial charge in [-0.1, -0.05) is 36.4 Å². The summed E-state index contributed by atoms with van der Waals surface area (Å²) in [6.45, 7) is 2.03. The third-order valence-electron chi connectivity index (χ3n) is 2.39. The van der Waals surface area contributed by atoms with Crippen molar-refractivity contribution in [3.63, 3.8) is 0 Å². The molecule has 2 aromatic carbocycles. The van der Waals surface area contributed by atoms with Crippen molar-refractivity contribution >= 4 is 33.8 Å². The van der Waals surface area contributed by atoms with Crippen molar-refractivity contribution in [3.05, 3.63) is 42.0 Å². The van der Waals surface area contributed by atoms with E-state index in [0.717, 1.165) is 16.6 Å². The lowest BCUT2D eigenvalue weighted by molar-refractivity contribution is 1.48. The molecular weight excluding hydrogens is 204 g/mol. The first-order chi connectivity index (χ1) is 7.18. The Morgan fingerprint density at radius 3 is 2.67 bits per heavy atom. The molecule has 2 rings (SSSR count). The van der Waals surface area contributed by atoms with Crippen molar-refractivity contribution in [1.82, 2.24) is 0 Å². The van der Waals surface area contributed by atoms with Gasteiger partial charge in [0.2, 0.25) is 0 Å². The maximum Gasteiger partial charge on any atom is 0.168 e. The third kappa shape index (κ3) is 1.92. The highest BCUT2D eigenvalue weighted by molar-refractivity contribution is 7.80. The average Bonchev–Trinajstić information content (AvgIpc) is 2.22. The van der Waals surface area contributed by atoms with Gasteiger partial charge in [0.05, 0.1) is 5.69 Å². The Labute approximate surface area is 94.1 Å². The minimum absolute atomic E-state index is 0.300. The van der Waals surface area contributed by atoms with Crippen LogP contribution in [0.15, 0.2) is 36.4 Å². The zero-order valence-electron chi connectivity index (χ0n) is 8.45. The maximum absolute atomic E-state index is 5.50. The molecule has 0 bridgehead atoms. The van der Waals surface area contributed by atoms with Crippen LogP contribution < -0.4 is 11.1 Å². The molecule has 0 fully saturated rings. The summed E-state index contributed by atoms with van der Waals surface area (Å²) >= 11 is 4.87. The monoisotopic (exact) mass is 216 g/mol. The van der Waals surface area contributed by atoms with E-state index in [-0.39, 0.29) is 0 Å². The topological polar surface area (TPSA) is 38.0 Å². The number of benzene rings is 2. The van der Waals surface area contributed by atoms with Gasteiger partial charge in [-0.25, -0.2) is 0 Å². The number of anilines is 1. The van der Waals surface area contributed by atoms with Gasteiger partial charge < -0.3 is 11.1 Å². The van der Waals surface area contributed by atoms with E-state index in [2.05, 4.69) is 29.6 Å². The minimum Gasteiger partial charge on any atom is -0.376 e. The molecule has 76 valence electrons. The van der Waals surface area contributed by atoms with Gasteiger partial charge in [-0.2, -0.15) is 0 Å². The van der Waals surface area contributed by atoms with Crippen LogP contribution in [0, 0.1) is 6.92 Å². The van der Waals surface area contributed by atoms with Crippen LogP contribution in [0.5, 0.6) is 0 Å². The summed E-state index contributed by atoms with van der Waals surface area (Å²) in [5.74, 6) is 0. The Morgan fingerprint density at radius 1 is 1.20 bits per heavy atom. The molecule has 0 unspecified atom stereocenters. The third-order valence-corrected chi connectivity index (χ3v) is 2.49. The van der Waals surface area contributed by atoms with E-state index in [1.165, 1.54) is 5.39 Å². The van der Waals surface area contributed by atoms with E-state index in [4.69, 9.17) is 18.0 Å². The highest BCUT2D eigenvalue weighted by Crippen LogP contribution is 2.26. The lowest BCUT2D eigenvalue weighted by Crippen LogP contribution is -2.19. The zero-order chi connectivity index (χ0) is 10.8. The van der Waals surface area contributed by atoms with Gasteiger partial charge in [-0.05, 0) is 30.1 Å². The summed E-state index contributed by atoms with van der Waals surface area (Å²) in [4.78, 5) is 0. The predicted molar refractivity (Wildman–Crippen MR) is 69.1 cm³/mol. The number of nitrogens with two attached hydrogens (primary N) is 1. The van der Waals surface area contributed by atoms with Crippen LogP contribution in [0.4, 0.5) is 5.69 Å². The fourth-order valence-electron chi connectivity index (χ4n) is 1.67. The molecule has 0 aromatic heterocycles. The van der Waals surface area contributed by atoms with E-state index in [1.807, 2.05) is 19.1 Å². The first kappa shape index (κ1) is 9.93. The lowest BCUT2D eigenvalue weighted by atomic mass is 10.0. The standard InChI is InChI=1S/C12H12N2S/c1-8-6-7-9-4-2-3-5-10(9)11(8)14-12(13)15/h2-7H,1H3,(H3,13,14,15). The van der Waals surface area contributed by atoms with Crippen LogP contribution >= 0.6 is 12.2 Å². The average molecular weight is 216 g/mol. The summed E-state index contributed by atoms with van der Waals surface area (Å²) in [5, 5.41) is 5.65. The normalized spacial score (nSPS) is 10.2. The molecule has 0 radical (unpaired) electrons. The zero-order valence-corrected chi connectivity index (χ0v) is 9.27. The van der Waals surface area contributed by atoms with Crippen LogP contribution in [0.3, 0.4) is 0 Å². The molecule has 3 N–H and O–H groups in total. The molecule has 0 spiro atoms. The van der Waals surface area contributed by atoms with Crippen LogP contribution in [0.1, 0.15) is 5.56 Å². The number of fused-ring (bicyclic) bond motifs is 1. The summed E-state index contributed by atoms with van der Waals surface area (Å²) < 4.78 is 0. The molecule has 2 aromatic rings.